The first-order chi connectivity index (χ1) is 8.95. The van der Waals surface area contributed by atoms with Gasteiger partial charge in [-0.1, -0.05) is 11.6 Å². The van der Waals surface area contributed by atoms with Crippen LogP contribution in [0.1, 0.15) is 32.3 Å². The highest BCUT2D eigenvalue weighted by molar-refractivity contribution is 6.31. The van der Waals surface area contributed by atoms with Gasteiger partial charge < -0.3 is 15.2 Å². The molecule has 0 saturated carbocycles. The van der Waals surface area contributed by atoms with Crippen LogP contribution >= 0.6 is 11.6 Å². The molecule has 1 aromatic rings. The molecular weight excluding hydrogens is 264 g/mol. The number of benzene rings is 1. The van der Waals surface area contributed by atoms with Gasteiger partial charge in [0.1, 0.15) is 17.7 Å². The lowest BCUT2D eigenvalue weighted by atomic mass is 10.0. The van der Waals surface area contributed by atoms with Gasteiger partial charge in [-0.05, 0) is 32.0 Å². The third-order valence-electron chi connectivity index (χ3n) is 3.18. The monoisotopic (exact) mass is 282 g/mol. The van der Waals surface area contributed by atoms with Gasteiger partial charge in [-0.25, -0.2) is 0 Å². The molecule has 0 spiro atoms. The molecule has 1 aliphatic heterocycles. The molecular formula is C14H19ClN2O2. The highest BCUT2D eigenvalue weighted by Crippen LogP contribution is 2.28. The second-order valence-corrected chi connectivity index (χ2v) is 5.46. The topological polar surface area (TPSA) is 68.3 Å². The first-order valence-corrected chi connectivity index (χ1v) is 6.79. The van der Waals surface area contributed by atoms with Gasteiger partial charge in [-0.15, -0.1) is 0 Å². The lowest BCUT2D eigenvalue weighted by Crippen LogP contribution is -2.36. The maximum absolute atomic E-state index is 7.58. The zero-order valence-corrected chi connectivity index (χ0v) is 11.9. The minimum atomic E-state index is -0.0364. The number of hydrogen-bond acceptors (Lipinski definition) is 3. The van der Waals surface area contributed by atoms with Crippen molar-refractivity contribution in [3.63, 3.8) is 0 Å². The molecule has 2 unspecified atom stereocenters. The maximum atomic E-state index is 7.58. The van der Waals surface area contributed by atoms with E-state index in [-0.39, 0.29) is 24.1 Å². The normalized spacial score (nSPS) is 27.0. The van der Waals surface area contributed by atoms with E-state index in [1.807, 2.05) is 13.8 Å². The Balaban J connectivity index is 2.16. The summed E-state index contributed by atoms with van der Waals surface area (Å²) in [6.45, 7) is 4.08. The van der Waals surface area contributed by atoms with Crippen LogP contribution in [0.2, 0.25) is 5.02 Å². The zero-order chi connectivity index (χ0) is 14.0. The van der Waals surface area contributed by atoms with E-state index in [2.05, 4.69) is 0 Å². The third kappa shape index (κ3) is 3.61. The van der Waals surface area contributed by atoms with Gasteiger partial charge in [0.2, 0.25) is 0 Å². The first kappa shape index (κ1) is 14.2. The average molecular weight is 283 g/mol. The van der Waals surface area contributed by atoms with Crippen LogP contribution in [-0.2, 0) is 4.74 Å². The molecule has 19 heavy (non-hydrogen) atoms. The highest BCUT2D eigenvalue weighted by atomic mass is 35.5. The average Bonchev–Trinajstić information content (AvgIpc) is 2.30. The molecule has 0 amide bonds. The van der Waals surface area contributed by atoms with E-state index in [1.54, 1.807) is 18.2 Å². The second kappa shape index (κ2) is 5.80. The van der Waals surface area contributed by atoms with Crippen molar-refractivity contribution in [2.24, 2.45) is 5.73 Å². The minimum Gasteiger partial charge on any atom is -0.489 e. The number of halogens is 1. The zero-order valence-electron chi connectivity index (χ0n) is 11.2. The molecule has 2 atom stereocenters. The Kier molecular flexibility index (Phi) is 4.32. The number of hydrogen-bond donors (Lipinski definition) is 2. The predicted octanol–water partition coefficient (Wildman–Crippen LogP) is 2.96. The van der Waals surface area contributed by atoms with Gasteiger partial charge in [0.05, 0.1) is 17.8 Å². The summed E-state index contributed by atoms with van der Waals surface area (Å²) in [7, 11) is 0. The summed E-state index contributed by atoms with van der Waals surface area (Å²) in [5.41, 5.74) is 6.10. The van der Waals surface area contributed by atoms with Crippen molar-refractivity contribution in [3.8, 4) is 5.75 Å². The molecule has 1 heterocycles. The largest absolute Gasteiger partial charge is 0.489 e. The number of rotatable bonds is 3. The Hall–Kier alpha value is -1.26. The van der Waals surface area contributed by atoms with Crippen molar-refractivity contribution in [2.45, 2.75) is 45.0 Å². The summed E-state index contributed by atoms with van der Waals surface area (Å²) in [5.74, 6) is 0.578. The van der Waals surface area contributed by atoms with Crippen LogP contribution in [0.5, 0.6) is 5.75 Å². The summed E-state index contributed by atoms with van der Waals surface area (Å²) in [5, 5.41) is 8.13. The summed E-state index contributed by atoms with van der Waals surface area (Å²) in [6, 6.07) is 5.17. The molecule has 0 bridgehead atoms. The fourth-order valence-electron chi connectivity index (χ4n) is 2.44. The van der Waals surface area contributed by atoms with Crippen LogP contribution < -0.4 is 10.5 Å². The van der Waals surface area contributed by atoms with E-state index in [4.69, 9.17) is 32.2 Å². The van der Waals surface area contributed by atoms with E-state index in [0.717, 1.165) is 12.8 Å². The molecule has 0 aliphatic carbocycles. The van der Waals surface area contributed by atoms with Crippen molar-refractivity contribution in [1.29, 1.82) is 5.41 Å². The number of nitrogens with one attached hydrogen (secondary N) is 1. The molecule has 3 N–H and O–H groups in total. The quantitative estimate of drug-likeness (QED) is 0.661. The molecule has 1 fully saturated rings. The van der Waals surface area contributed by atoms with Crippen LogP contribution in [0.25, 0.3) is 0 Å². The fraction of sp³-hybridized carbons (Fsp3) is 0.500. The summed E-state index contributed by atoms with van der Waals surface area (Å²) < 4.78 is 11.7. The Bertz CT molecular complexity index is 469. The Labute approximate surface area is 118 Å². The Morgan fingerprint density at radius 2 is 2.00 bits per heavy atom. The molecule has 0 aromatic heterocycles. The molecule has 1 aliphatic rings. The van der Waals surface area contributed by atoms with Crippen molar-refractivity contribution < 1.29 is 9.47 Å². The van der Waals surface area contributed by atoms with Gasteiger partial charge >= 0.3 is 0 Å². The van der Waals surface area contributed by atoms with Crippen molar-refractivity contribution in [1.82, 2.24) is 0 Å². The smallest absolute Gasteiger partial charge is 0.130 e. The van der Waals surface area contributed by atoms with Crippen LogP contribution in [-0.4, -0.2) is 24.1 Å². The number of nitrogens with two attached hydrogens (primary N) is 1. The first-order valence-electron chi connectivity index (χ1n) is 6.41. The molecule has 1 saturated heterocycles. The van der Waals surface area contributed by atoms with E-state index in [9.17, 15) is 0 Å². The fourth-order valence-corrected chi connectivity index (χ4v) is 2.61. The molecule has 2 rings (SSSR count). The predicted molar refractivity (Wildman–Crippen MR) is 76.1 cm³/mol. The Morgan fingerprint density at radius 3 is 2.58 bits per heavy atom. The molecule has 1 aromatic carbocycles. The van der Waals surface area contributed by atoms with Gasteiger partial charge in [-0.2, -0.15) is 0 Å². The summed E-state index contributed by atoms with van der Waals surface area (Å²) in [6.07, 6.45) is 2.12. The lowest BCUT2D eigenvalue weighted by molar-refractivity contribution is -0.0721. The standard InChI is InChI=1S/C14H19ClN2O2/c1-8-5-11(6-9(2)18-8)19-13-4-3-10(15)7-12(13)14(16)17/h3-4,7-9,11H,5-6H2,1-2H3,(H3,16,17). The van der Waals surface area contributed by atoms with Crippen molar-refractivity contribution in [2.75, 3.05) is 0 Å². The summed E-state index contributed by atoms with van der Waals surface area (Å²) >= 11 is 5.92. The van der Waals surface area contributed by atoms with Crippen LogP contribution in [0.15, 0.2) is 18.2 Å². The molecule has 104 valence electrons. The molecule has 5 heteroatoms. The van der Waals surface area contributed by atoms with Crippen LogP contribution in [0.4, 0.5) is 0 Å². The molecule has 4 nitrogen and oxygen atoms in total. The second-order valence-electron chi connectivity index (χ2n) is 5.02. The van der Waals surface area contributed by atoms with Crippen molar-refractivity contribution >= 4 is 17.4 Å². The van der Waals surface area contributed by atoms with Gasteiger partial charge in [-0.3, -0.25) is 5.41 Å². The lowest BCUT2D eigenvalue weighted by Gasteiger charge is -2.32. The van der Waals surface area contributed by atoms with Gasteiger partial charge in [0, 0.05) is 17.9 Å². The Morgan fingerprint density at radius 1 is 1.37 bits per heavy atom. The summed E-state index contributed by atoms with van der Waals surface area (Å²) in [4.78, 5) is 0. The third-order valence-corrected chi connectivity index (χ3v) is 3.41. The number of nitrogen functional groups attached to an aromatic ring is 1. The number of ether oxygens (including phenoxy) is 2. The number of amidine groups is 1. The van der Waals surface area contributed by atoms with E-state index >= 15 is 0 Å². The van der Waals surface area contributed by atoms with E-state index < -0.39 is 0 Å². The van der Waals surface area contributed by atoms with Gasteiger partial charge in [0.25, 0.3) is 0 Å². The SMILES string of the molecule is CC1CC(Oc2ccc(Cl)cc2C(=N)N)CC(C)O1. The highest BCUT2D eigenvalue weighted by Gasteiger charge is 2.26. The maximum Gasteiger partial charge on any atom is 0.130 e. The van der Waals surface area contributed by atoms with E-state index in [0.29, 0.717) is 16.3 Å². The van der Waals surface area contributed by atoms with Gasteiger partial charge in [0.15, 0.2) is 0 Å². The van der Waals surface area contributed by atoms with Crippen molar-refractivity contribution in [3.05, 3.63) is 28.8 Å². The van der Waals surface area contributed by atoms with Crippen LogP contribution in [0, 0.1) is 5.41 Å². The minimum absolute atomic E-state index is 0.0364. The van der Waals surface area contributed by atoms with E-state index in [1.165, 1.54) is 0 Å². The van der Waals surface area contributed by atoms with Crippen LogP contribution in [0.3, 0.4) is 0 Å². The molecule has 0 radical (unpaired) electrons.